The van der Waals surface area contributed by atoms with E-state index in [2.05, 4.69) is 45.0 Å². The highest BCUT2D eigenvalue weighted by Gasteiger charge is 2.16. The highest BCUT2D eigenvalue weighted by atomic mass is 32.2. The fourth-order valence-electron chi connectivity index (χ4n) is 1.84. The maximum atomic E-state index is 10.7. The number of carboxylic acid groups (broad SMARTS) is 1. The maximum absolute atomic E-state index is 10.7. The Bertz CT molecular complexity index is 403. The molecule has 0 amide bonds. The van der Waals surface area contributed by atoms with Crippen molar-refractivity contribution in [3.63, 3.8) is 0 Å². The van der Waals surface area contributed by atoms with E-state index < -0.39 is 12.0 Å². The van der Waals surface area contributed by atoms with E-state index in [4.69, 9.17) is 10.8 Å². The van der Waals surface area contributed by atoms with Gasteiger partial charge in [-0.1, -0.05) is 45.0 Å². The minimum Gasteiger partial charge on any atom is -0.480 e. The minimum absolute atomic E-state index is 0.312. The molecule has 19 heavy (non-hydrogen) atoms. The Morgan fingerprint density at radius 3 is 2.21 bits per heavy atom. The Morgan fingerprint density at radius 2 is 1.79 bits per heavy atom. The molecule has 0 fully saturated rings. The van der Waals surface area contributed by atoms with Crippen LogP contribution in [0.25, 0.3) is 0 Å². The zero-order valence-electron chi connectivity index (χ0n) is 11.8. The summed E-state index contributed by atoms with van der Waals surface area (Å²) >= 11 is 1.62. The molecule has 4 heteroatoms. The molecule has 1 aromatic rings. The van der Waals surface area contributed by atoms with Gasteiger partial charge in [-0.05, 0) is 23.5 Å². The first kappa shape index (κ1) is 16.1. The van der Waals surface area contributed by atoms with Gasteiger partial charge in [0.1, 0.15) is 6.04 Å². The van der Waals surface area contributed by atoms with Gasteiger partial charge in [-0.25, -0.2) is 0 Å². The Kier molecular flexibility index (Phi) is 6.38. The van der Waals surface area contributed by atoms with E-state index in [1.54, 1.807) is 11.8 Å². The first-order chi connectivity index (χ1) is 8.95. The summed E-state index contributed by atoms with van der Waals surface area (Å²) in [6, 6.07) is 7.81. The molecule has 1 aromatic carbocycles. The lowest BCUT2D eigenvalue weighted by Gasteiger charge is -2.17. The number of nitrogens with two attached hydrogens (primary N) is 1. The summed E-state index contributed by atoms with van der Waals surface area (Å²) in [6.07, 6.45) is 0.970. The largest absolute Gasteiger partial charge is 0.480 e. The summed E-state index contributed by atoms with van der Waals surface area (Å²) in [5.41, 5.74) is 8.11. The van der Waals surface area contributed by atoms with Crippen molar-refractivity contribution in [1.82, 2.24) is 0 Å². The van der Waals surface area contributed by atoms with Gasteiger partial charge in [0.05, 0.1) is 0 Å². The molecule has 0 aliphatic heterocycles. The number of benzene rings is 1. The fraction of sp³-hybridized carbons (Fsp3) is 0.533. The van der Waals surface area contributed by atoms with Gasteiger partial charge in [-0.3, -0.25) is 4.79 Å². The first-order valence-corrected chi connectivity index (χ1v) is 7.70. The van der Waals surface area contributed by atoms with Gasteiger partial charge in [0, 0.05) is 11.0 Å². The Hall–Kier alpha value is -1.00. The van der Waals surface area contributed by atoms with Gasteiger partial charge >= 0.3 is 5.97 Å². The average molecular weight is 281 g/mol. The number of hydrogen-bond acceptors (Lipinski definition) is 3. The number of carbonyl (C=O) groups is 1. The molecule has 0 bridgehead atoms. The predicted octanol–water partition coefficient (Wildman–Crippen LogP) is 3.41. The third-order valence-corrected chi connectivity index (χ3v) is 4.70. The van der Waals surface area contributed by atoms with E-state index in [1.165, 1.54) is 11.1 Å². The van der Waals surface area contributed by atoms with Crippen LogP contribution in [0.15, 0.2) is 24.3 Å². The van der Waals surface area contributed by atoms with E-state index in [-0.39, 0.29) is 0 Å². The molecule has 3 N–H and O–H groups in total. The lowest BCUT2D eigenvalue weighted by atomic mass is 10.0. The average Bonchev–Trinajstić information content (AvgIpc) is 2.39. The number of aliphatic carboxylic acids is 1. The molecule has 1 rings (SSSR count). The molecule has 0 aliphatic carbocycles. The molecule has 3 nitrogen and oxygen atoms in total. The van der Waals surface area contributed by atoms with Gasteiger partial charge in [-0.2, -0.15) is 11.8 Å². The molecule has 106 valence electrons. The molecule has 0 saturated carbocycles. The predicted molar refractivity (Wildman–Crippen MR) is 81.6 cm³/mol. The van der Waals surface area contributed by atoms with Crippen LogP contribution in [0.2, 0.25) is 0 Å². The number of carboxylic acids is 1. The molecule has 0 heterocycles. The second kappa shape index (κ2) is 7.56. The summed E-state index contributed by atoms with van der Waals surface area (Å²) < 4.78 is 0. The normalized spacial score (nSPS) is 14.4. The highest BCUT2D eigenvalue weighted by Crippen LogP contribution is 2.32. The quantitative estimate of drug-likeness (QED) is 0.804. The van der Waals surface area contributed by atoms with Gasteiger partial charge in [-0.15, -0.1) is 0 Å². The summed E-state index contributed by atoms with van der Waals surface area (Å²) in [4.78, 5) is 10.7. The molecule has 1 unspecified atom stereocenters. The van der Waals surface area contributed by atoms with Crippen LogP contribution in [0.5, 0.6) is 0 Å². The van der Waals surface area contributed by atoms with Gasteiger partial charge in [0.15, 0.2) is 0 Å². The molecule has 0 radical (unpaired) electrons. The Labute approximate surface area is 119 Å². The van der Waals surface area contributed by atoms with Crippen LogP contribution in [-0.4, -0.2) is 22.9 Å². The minimum atomic E-state index is -0.933. The van der Waals surface area contributed by atoms with Crippen molar-refractivity contribution in [1.29, 1.82) is 0 Å². The molecular weight excluding hydrogens is 258 g/mol. The topological polar surface area (TPSA) is 63.3 Å². The first-order valence-electron chi connectivity index (χ1n) is 6.65. The van der Waals surface area contributed by atoms with Crippen molar-refractivity contribution in [2.24, 2.45) is 5.73 Å². The molecule has 2 atom stereocenters. The van der Waals surface area contributed by atoms with Crippen LogP contribution in [0, 0.1) is 0 Å². The number of thioether (sulfide) groups is 1. The molecule has 0 aliphatic rings. The second-order valence-corrected chi connectivity index (χ2v) is 6.23. The maximum Gasteiger partial charge on any atom is 0.321 e. The van der Waals surface area contributed by atoms with Crippen LogP contribution < -0.4 is 5.73 Å². The van der Waals surface area contributed by atoms with E-state index in [1.807, 2.05) is 0 Å². The Balaban J connectivity index is 2.66. The summed E-state index contributed by atoms with van der Waals surface area (Å²) in [6.45, 7) is 6.46. The van der Waals surface area contributed by atoms with Crippen LogP contribution in [0.4, 0.5) is 0 Å². The Morgan fingerprint density at radius 1 is 1.26 bits per heavy atom. The van der Waals surface area contributed by atoms with E-state index in [0.717, 1.165) is 6.42 Å². The van der Waals surface area contributed by atoms with Crippen molar-refractivity contribution in [2.75, 3.05) is 5.75 Å². The zero-order chi connectivity index (χ0) is 14.4. The van der Waals surface area contributed by atoms with Crippen molar-refractivity contribution in [3.8, 4) is 0 Å². The van der Waals surface area contributed by atoms with Crippen molar-refractivity contribution in [2.45, 2.75) is 44.4 Å². The van der Waals surface area contributed by atoms with Crippen LogP contribution in [0.3, 0.4) is 0 Å². The van der Waals surface area contributed by atoms with Gasteiger partial charge in [0.2, 0.25) is 0 Å². The summed E-state index contributed by atoms with van der Waals surface area (Å²) in [5.74, 6) is 0.0412. The smallest absolute Gasteiger partial charge is 0.321 e. The number of rotatable bonds is 7. The highest BCUT2D eigenvalue weighted by molar-refractivity contribution is 7.99. The second-order valence-electron chi connectivity index (χ2n) is 5.00. The monoisotopic (exact) mass is 281 g/mol. The van der Waals surface area contributed by atoms with Gasteiger partial charge < -0.3 is 10.8 Å². The molecule has 0 saturated heterocycles. The van der Waals surface area contributed by atoms with Crippen molar-refractivity contribution < 1.29 is 9.90 Å². The number of hydrogen-bond donors (Lipinski definition) is 2. The lowest BCUT2D eigenvalue weighted by molar-refractivity contribution is -0.137. The molecular formula is C15H23NO2S. The van der Waals surface area contributed by atoms with E-state index >= 15 is 0 Å². The van der Waals surface area contributed by atoms with Crippen LogP contribution >= 0.6 is 11.8 Å². The zero-order valence-corrected chi connectivity index (χ0v) is 12.6. The summed E-state index contributed by atoms with van der Waals surface area (Å²) in [5, 5.41) is 9.11. The molecule has 0 aromatic heterocycles. The van der Waals surface area contributed by atoms with Crippen LogP contribution in [0.1, 0.15) is 49.5 Å². The van der Waals surface area contributed by atoms with Crippen LogP contribution in [-0.2, 0) is 4.79 Å². The van der Waals surface area contributed by atoms with Crippen molar-refractivity contribution >= 4 is 17.7 Å². The standard InChI is InChI=1S/C15H23NO2S/c1-4-14(19-9-13(16)15(17)18)12-7-5-11(6-8-12)10(2)3/h5-8,10,13-14H,4,9,16H2,1-3H3,(H,17,18)/t13-,14?/m0/s1. The third-order valence-electron chi connectivity index (χ3n) is 3.14. The van der Waals surface area contributed by atoms with E-state index in [0.29, 0.717) is 16.9 Å². The fourth-order valence-corrected chi connectivity index (χ4v) is 3.00. The van der Waals surface area contributed by atoms with E-state index in [9.17, 15) is 4.79 Å². The van der Waals surface area contributed by atoms with Gasteiger partial charge in [0.25, 0.3) is 0 Å². The third kappa shape index (κ3) is 4.88. The SMILES string of the molecule is CCC(SC[C@H](N)C(=O)O)c1ccc(C(C)C)cc1. The lowest BCUT2D eigenvalue weighted by Crippen LogP contribution is -2.32. The molecule has 0 spiro atoms. The van der Waals surface area contributed by atoms with Crippen molar-refractivity contribution in [3.05, 3.63) is 35.4 Å². The summed E-state index contributed by atoms with van der Waals surface area (Å²) in [7, 11) is 0.